The molecule has 0 spiro atoms. The summed E-state index contributed by atoms with van der Waals surface area (Å²) in [5.41, 5.74) is 7.28. The molecule has 0 radical (unpaired) electrons. The summed E-state index contributed by atoms with van der Waals surface area (Å²) in [5.74, 6) is 2.60. The Morgan fingerprint density at radius 2 is 1.85 bits per heavy atom. The highest BCUT2D eigenvalue weighted by Gasteiger charge is 2.25. The number of methoxy groups -OCH3 is 1. The van der Waals surface area contributed by atoms with E-state index in [1.54, 1.807) is 7.11 Å². The summed E-state index contributed by atoms with van der Waals surface area (Å²) in [6.07, 6.45) is 9.64. The van der Waals surface area contributed by atoms with Gasteiger partial charge in [-0.1, -0.05) is 15.9 Å². The molecular formula is C22H33BrN2O2. The first-order valence-corrected chi connectivity index (χ1v) is 11.2. The van der Waals surface area contributed by atoms with Crippen molar-refractivity contribution in [3.63, 3.8) is 0 Å². The molecule has 3 rings (SSSR count). The molecule has 1 aromatic carbocycles. The fourth-order valence-corrected chi connectivity index (χ4v) is 4.90. The number of hydrogen-bond donors (Lipinski definition) is 1. The van der Waals surface area contributed by atoms with Crippen LogP contribution in [0.1, 0.15) is 56.9 Å². The summed E-state index contributed by atoms with van der Waals surface area (Å²) in [6.45, 7) is 1.81. The van der Waals surface area contributed by atoms with Crippen molar-refractivity contribution < 1.29 is 9.53 Å². The molecule has 150 valence electrons. The number of carbonyl (C=O) groups excluding carboxylic acids is 1. The zero-order valence-electron chi connectivity index (χ0n) is 16.5. The summed E-state index contributed by atoms with van der Waals surface area (Å²) < 4.78 is 6.50. The standard InChI is InChI=1S/C22H33BrN2O2/c1-27-20-7-8-21(23)18(15-20)14-17-10-12-25(13-11-17)22(26)9-4-16-2-5-19(24)6-3-16/h7-8,15-17,19H,2-6,9-14,24H2,1H3/t16-,19-. The molecule has 1 saturated carbocycles. The van der Waals surface area contributed by atoms with Crippen LogP contribution in [0.25, 0.3) is 0 Å². The zero-order valence-corrected chi connectivity index (χ0v) is 18.0. The van der Waals surface area contributed by atoms with E-state index in [9.17, 15) is 4.79 Å². The van der Waals surface area contributed by atoms with E-state index in [4.69, 9.17) is 10.5 Å². The van der Waals surface area contributed by atoms with Gasteiger partial charge in [0.15, 0.2) is 0 Å². The van der Waals surface area contributed by atoms with Gasteiger partial charge < -0.3 is 15.4 Å². The minimum absolute atomic E-state index is 0.353. The molecule has 2 fully saturated rings. The van der Waals surface area contributed by atoms with Crippen molar-refractivity contribution in [1.29, 1.82) is 0 Å². The van der Waals surface area contributed by atoms with Crippen molar-refractivity contribution in [1.82, 2.24) is 4.90 Å². The molecule has 27 heavy (non-hydrogen) atoms. The quantitative estimate of drug-likeness (QED) is 0.711. The number of ether oxygens (including phenoxy) is 1. The molecule has 2 aliphatic rings. The van der Waals surface area contributed by atoms with Crippen molar-refractivity contribution in [2.24, 2.45) is 17.6 Å². The number of carbonyl (C=O) groups is 1. The first kappa shape index (κ1) is 20.7. The van der Waals surface area contributed by atoms with E-state index in [1.165, 1.54) is 18.4 Å². The summed E-state index contributed by atoms with van der Waals surface area (Å²) in [7, 11) is 1.71. The average Bonchev–Trinajstić information content (AvgIpc) is 2.69. The first-order valence-electron chi connectivity index (χ1n) is 10.4. The van der Waals surface area contributed by atoms with E-state index in [2.05, 4.69) is 33.0 Å². The van der Waals surface area contributed by atoms with Crippen LogP contribution in [0, 0.1) is 11.8 Å². The molecule has 0 aromatic heterocycles. The predicted molar refractivity (Wildman–Crippen MR) is 113 cm³/mol. The zero-order chi connectivity index (χ0) is 19.2. The molecule has 0 atom stereocenters. The van der Waals surface area contributed by atoms with Gasteiger partial charge in [0.1, 0.15) is 5.75 Å². The molecule has 5 heteroatoms. The topological polar surface area (TPSA) is 55.6 Å². The van der Waals surface area contributed by atoms with Crippen LogP contribution in [0.4, 0.5) is 0 Å². The highest BCUT2D eigenvalue weighted by Crippen LogP contribution is 2.30. The van der Waals surface area contributed by atoms with Crippen LogP contribution < -0.4 is 10.5 Å². The number of piperidine rings is 1. The highest BCUT2D eigenvalue weighted by molar-refractivity contribution is 9.10. The summed E-state index contributed by atoms with van der Waals surface area (Å²) in [5, 5.41) is 0. The Morgan fingerprint density at radius 1 is 1.15 bits per heavy atom. The number of likely N-dealkylation sites (tertiary alicyclic amines) is 1. The number of nitrogens with zero attached hydrogens (tertiary/aromatic N) is 1. The van der Waals surface area contributed by atoms with Crippen molar-refractivity contribution in [3.8, 4) is 5.75 Å². The Balaban J connectivity index is 1.41. The lowest BCUT2D eigenvalue weighted by molar-refractivity contribution is -0.132. The van der Waals surface area contributed by atoms with Crippen LogP contribution in [0.3, 0.4) is 0 Å². The number of amides is 1. The monoisotopic (exact) mass is 436 g/mol. The van der Waals surface area contributed by atoms with Gasteiger partial charge in [-0.15, -0.1) is 0 Å². The number of benzene rings is 1. The minimum atomic E-state index is 0.353. The molecule has 1 saturated heterocycles. The Bertz CT molecular complexity index is 621. The molecule has 1 aliphatic heterocycles. The van der Waals surface area contributed by atoms with Gasteiger partial charge in [0.25, 0.3) is 0 Å². The number of rotatable bonds is 6. The Labute approximate surface area is 172 Å². The van der Waals surface area contributed by atoms with Gasteiger partial charge in [-0.3, -0.25) is 4.79 Å². The SMILES string of the molecule is COc1ccc(Br)c(CC2CCN(C(=O)CC[C@H]3CC[C@H](N)CC3)CC2)c1. The Morgan fingerprint density at radius 3 is 2.52 bits per heavy atom. The second-order valence-corrected chi connectivity index (χ2v) is 9.16. The third-order valence-electron chi connectivity index (χ3n) is 6.39. The lowest BCUT2D eigenvalue weighted by atomic mass is 9.83. The second kappa shape index (κ2) is 9.92. The van der Waals surface area contributed by atoms with Crippen molar-refractivity contribution >= 4 is 21.8 Å². The molecule has 0 bridgehead atoms. The predicted octanol–water partition coefficient (Wildman–Crippen LogP) is 4.54. The maximum absolute atomic E-state index is 12.6. The normalized spacial score (nSPS) is 24.0. The fraction of sp³-hybridized carbons (Fsp3) is 0.682. The maximum atomic E-state index is 12.6. The van der Waals surface area contributed by atoms with Gasteiger partial charge in [-0.25, -0.2) is 0 Å². The molecule has 1 aliphatic carbocycles. The fourth-order valence-electron chi connectivity index (χ4n) is 4.49. The van der Waals surface area contributed by atoms with Crippen LogP contribution in [0.15, 0.2) is 22.7 Å². The average molecular weight is 437 g/mol. The lowest BCUT2D eigenvalue weighted by Gasteiger charge is -2.33. The Kier molecular flexibility index (Phi) is 7.59. The molecule has 0 unspecified atom stereocenters. The third kappa shape index (κ3) is 5.95. The molecule has 4 nitrogen and oxygen atoms in total. The van der Waals surface area contributed by atoms with E-state index in [0.29, 0.717) is 30.2 Å². The van der Waals surface area contributed by atoms with Gasteiger partial charge in [-0.2, -0.15) is 0 Å². The summed E-state index contributed by atoms with van der Waals surface area (Å²) in [6, 6.07) is 6.55. The van der Waals surface area contributed by atoms with Gasteiger partial charge in [0.05, 0.1) is 7.11 Å². The van der Waals surface area contributed by atoms with Crippen LogP contribution >= 0.6 is 15.9 Å². The van der Waals surface area contributed by atoms with E-state index in [0.717, 1.165) is 61.8 Å². The van der Waals surface area contributed by atoms with E-state index >= 15 is 0 Å². The van der Waals surface area contributed by atoms with Gasteiger partial charge in [-0.05, 0) is 87.0 Å². The van der Waals surface area contributed by atoms with E-state index < -0.39 is 0 Å². The second-order valence-electron chi connectivity index (χ2n) is 8.31. The highest BCUT2D eigenvalue weighted by atomic mass is 79.9. The van der Waals surface area contributed by atoms with Crippen molar-refractivity contribution in [2.45, 2.75) is 63.8 Å². The van der Waals surface area contributed by atoms with Crippen LogP contribution in [-0.2, 0) is 11.2 Å². The van der Waals surface area contributed by atoms with E-state index in [-0.39, 0.29) is 0 Å². The molecular weight excluding hydrogens is 404 g/mol. The van der Waals surface area contributed by atoms with Gasteiger partial charge in [0, 0.05) is 30.0 Å². The largest absolute Gasteiger partial charge is 0.497 e. The van der Waals surface area contributed by atoms with Gasteiger partial charge in [0.2, 0.25) is 5.91 Å². The minimum Gasteiger partial charge on any atom is -0.497 e. The maximum Gasteiger partial charge on any atom is 0.222 e. The van der Waals surface area contributed by atoms with Crippen LogP contribution in [-0.4, -0.2) is 37.0 Å². The summed E-state index contributed by atoms with van der Waals surface area (Å²) in [4.78, 5) is 14.7. The van der Waals surface area contributed by atoms with Gasteiger partial charge >= 0.3 is 0 Å². The van der Waals surface area contributed by atoms with Crippen molar-refractivity contribution in [2.75, 3.05) is 20.2 Å². The molecule has 1 amide bonds. The van der Waals surface area contributed by atoms with Crippen LogP contribution in [0.2, 0.25) is 0 Å². The third-order valence-corrected chi connectivity index (χ3v) is 7.16. The molecule has 1 aromatic rings. The number of halogens is 1. The lowest BCUT2D eigenvalue weighted by Crippen LogP contribution is -2.39. The number of hydrogen-bond acceptors (Lipinski definition) is 3. The molecule has 1 heterocycles. The Hall–Kier alpha value is -1.07. The first-order chi connectivity index (χ1) is 13.0. The van der Waals surface area contributed by atoms with Crippen LogP contribution in [0.5, 0.6) is 5.75 Å². The smallest absolute Gasteiger partial charge is 0.222 e. The number of nitrogens with two attached hydrogens (primary N) is 1. The van der Waals surface area contributed by atoms with E-state index in [1.807, 2.05) is 6.07 Å². The molecule has 2 N–H and O–H groups in total. The van der Waals surface area contributed by atoms with Crippen molar-refractivity contribution in [3.05, 3.63) is 28.2 Å². The summed E-state index contributed by atoms with van der Waals surface area (Å²) >= 11 is 3.66.